The molecule has 1 N–H and O–H groups in total. The number of aromatic carboxylic acids is 1. The molecule has 0 aromatic heterocycles. The van der Waals surface area contributed by atoms with Crippen molar-refractivity contribution >= 4 is 5.97 Å². The Morgan fingerprint density at radius 2 is 1.52 bits per heavy atom. The van der Waals surface area contributed by atoms with Gasteiger partial charge in [-0.25, -0.2) is 4.79 Å². The van der Waals surface area contributed by atoms with Crippen molar-refractivity contribution in [1.82, 2.24) is 0 Å². The van der Waals surface area contributed by atoms with Gasteiger partial charge in [0.15, 0.2) is 0 Å². The molecule has 0 radical (unpaired) electrons. The zero-order valence-electron chi connectivity index (χ0n) is 16.1. The minimum atomic E-state index is -0.927. The SMILES string of the molecule is CCCCCCC(CCCCC)CCCOc1ccccc1C(=O)O. The molecule has 25 heavy (non-hydrogen) atoms. The van der Waals surface area contributed by atoms with Gasteiger partial charge in [-0.05, 0) is 30.9 Å². The summed E-state index contributed by atoms with van der Waals surface area (Å²) in [6.45, 7) is 5.11. The summed E-state index contributed by atoms with van der Waals surface area (Å²) in [5.41, 5.74) is 0.251. The third kappa shape index (κ3) is 9.52. The molecule has 0 bridgehead atoms. The number of carboxylic acids is 1. The lowest BCUT2D eigenvalue weighted by atomic mass is 9.91. The summed E-state index contributed by atoms with van der Waals surface area (Å²) in [5, 5.41) is 9.19. The van der Waals surface area contributed by atoms with Gasteiger partial charge in [-0.1, -0.05) is 83.8 Å². The molecule has 1 unspecified atom stereocenters. The van der Waals surface area contributed by atoms with Crippen molar-refractivity contribution in [3.8, 4) is 5.75 Å². The van der Waals surface area contributed by atoms with Crippen molar-refractivity contribution in [2.45, 2.75) is 84.5 Å². The minimum Gasteiger partial charge on any atom is -0.493 e. The summed E-state index contributed by atoms with van der Waals surface area (Å²) in [6, 6.07) is 6.89. The first-order valence-electron chi connectivity index (χ1n) is 10.1. The summed E-state index contributed by atoms with van der Waals surface area (Å²) in [5.74, 6) is 0.353. The zero-order chi connectivity index (χ0) is 18.3. The molecule has 0 aliphatic carbocycles. The summed E-state index contributed by atoms with van der Waals surface area (Å²) >= 11 is 0. The molecule has 3 heteroatoms. The predicted molar refractivity (Wildman–Crippen MR) is 105 cm³/mol. The van der Waals surface area contributed by atoms with Crippen molar-refractivity contribution in [3.63, 3.8) is 0 Å². The van der Waals surface area contributed by atoms with Crippen LogP contribution in [0, 0.1) is 5.92 Å². The number of ether oxygens (including phenoxy) is 1. The first kappa shape index (κ1) is 21.5. The predicted octanol–water partition coefficient (Wildman–Crippen LogP) is 6.71. The Morgan fingerprint density at radius 1 is 0.920 bits per heavy atom. The third-order valence-corrected chi connectivity index (χ3v) is 4.81. The molecule has 0 saturated heterocycles. The minimum absolute atomic E-state index is 0.251. The van der Waals surface area contributed by atoms with Gasteiger partial charge in [-0.3, -0.25) is 0 Å². The van der Waals surface area contributed by atoms with E-state index in [4.69, 9.17) is 4.74 Å². The average Bonchev–Trinajstić information content (AvgIpc) is 2.62. The van der Waals surface area contributed by atoms with Gasteiger partial charge in [0.1, 0.15) is 11.3 Å². The second-order valence-electron chi connectivity index (χ2n) is 7.00. The molecule has 0 aliphatic rings. The van der Waals surface area contributed by atoms with Crippen LogP contribution in [0.4, 0.5) is 0 Å². The first-order chi connectivity index (χ1) is 12.2. The second kappa shape index (κ2) is 13.7. The van der Waals surface area contributed by atoms with Crippen LogP contribution in [0.15, 0.2) is 24.3 Å². The van der Waals surface area contributed by atoms with E-state index in [0.717, 1.165) is 12.3 Å². The fourth-order valence-electron chi connectivity index (χ4n) is 3.30. The van der Waals surface area contributed by atoms with Gasteiger partial charge in [0.05, 0.1) is 6.61 Å². The molecule has 1 aromatic rings. The Kier molecular flexibility index (Phi) is 11.8. The maximum absolute atomic E-state index is 11.2. The van der Waals surface area contributed by atoms with E-state index >= 15 is 0 Å². The van der Waals surface area contributed by atoms with Crippen LogP contribution in [0.5, 0.6) is 5.75 Å². The van der Waals surface area contributed by atoms with Gasteiger partial charge in [0, 0.05) is 0 Å². The average molecular weight is 349 g/mol. The van der Waals surface area contributed by atoms with Crippen molar-refractivity contribution in [2.24, 2.45) is 5.92 Å². The van der Waals surface area contributed by atoms with Crippen LogP contribution < -0.4 is 4.74 Å². The van der Waals surface area contributed by atoms with E-state index in [0.29, 0.717) is 12.4 Å². The number of carbonyl (C=O) groups is 1. The second-order valence-corrected chi connectivity index (χ2v) is 7.00. The molecule has 142 valence electrons. The van der Waals surface area contributed by atoms with Gasteiger partial charge in [0.25, 0.3) is 0 Å². The van der Waals surface area contributed by atoms with E-state index in [1.54, 1.807) is 18.2 Å². The maximum atomic E-state index is 11.2. The molecule has 0 fully saturated rings. The number of unbranched alkanes of at least 4 members (excludes halogenated alkanes) is 5. The van der Waals surface area contributed by atoms with Gasteiger partial charge in [-0.15, -0.1) is 0 Å². The quantitative estimate of drug-likeness (QED) is 0.358. The maximum Gasteiger partial charge on any atom is 0.339 e. The van der Waals surface area contributed by atoms with Crippen LogP contribution in [0.3, 0.4) is 0 Å². The topological polar surface area (TPSA) is 46.5 Å². The lowest BCUT2D eigenvalue weighted by Crippen LogP contribution is -2.07. The molecule has 1 atom stereocenters. The Hall–Kier alpha value is -1.51. The van der Waals surface area contributed by atoms with Crippen molar-refractivity contribution in [2.75, 3.05) is 6.61 Å². The van der Waals surface area contributed by atoms with Crippen LogP contribution >= 0.6 is 0 Å². The highest BCUT2D eigenvalue weighted by Crippen LogP contribution is 2.23. The lowest BCUT2D eigenvalue weighted by molar-refractivity contribution is 0.0692. The number of carboxylic acid groups (broad SMARTS) is 1. The Balaban J connectivity index is 2.35. The fourth-order valence-corrected chi connectivity index (χ4v) is 3.30. The third-order valence-electron chi connectivity index (χ3n) is 4.81. The number of rotatable bonds is 15. The summed E-state index contributed by atoms with van der Waals surface area (Å²) in [7, 11) is 0. The molecule has 0 amide bonds. The molecule has 3 nitrogen and oxygen atoms in total. The standard InChI is InChI=1S/C22H36O3/c1-3-5-7-9-14-19(13-8-6-4-2)15-12-18-25-21-17-11-10-16-20(21)22(23)24/h10-11,16-17,19H,3-9,12-15,18H2,1-2H3,(H,23,24). The largest absolute Gasteiger partial charge is 0.493 e. The molecular weight excluding hydrogens is 312 g/mol. The van der Waals surface area contributed by atoms with Crippen LogP contribution in [0.25, 0.3) is 0 Å². The first-order valence-corrected chi connectivity index (χ1v) is 10.1. The van der Waals surface area contributed by atoms with Crippen LogP contribution in [-0.4, -0.2) is 17.7 Å². The zero-order valence-corrected chi connectivity index (χ0v) is 16.1. The molecule has 0 spiro atoms. The van der Waals surface area contributed by atoms with Gasteiger partial charge < -0.3 is 9.84 Å². The van der Waals surface area contributed by atoms with Crippen molar-refractivity contribution < 1.29 is 14.6 Å². The Labute approximate surface area is 153 Å². The van der Waals surface area contributed by atoms with Crippen LogP contribution in [-0.2, 0) is 0 Å². The highest BCUT2D eigenvalue weighted by molar-refractivity contribution is 5.90. The van der Waals surface area contributed by atoms with E-state index in [-0.39, 0.29) is 5.56 Å². The molecule has 1 rings (SSSR count). The van der Waals surface area contributed by atoms with Gasteiger partial charge in [0.2, 0.25) is 0 Å². The normalized spacial score (nSPS) is 12.1. The smallest absolute Gasteiger partial charge is 0.339 e. The number of hydrogen-bond donors (Lipinski definition) is 1. The van der Waals surface area contributed by atoms with E-state index in [9.17, 15) is 9.90 Å². The van der Waals surface area contributed by atoms with Gasteiger partial charge in [-0.2, -0.15) is 0 Å². The monoisotopic (exact) mass is 348 g/mol. The summed E-state index contributed by atoms with van der Waals surface area (Å²) in [4.78, 5) is 11.2. The molecule has 0 heterocycles. The van der Waals surface area contributed by atoms with E-state index in [1.165, 1.54) is 64.2 Å². The molecule has 1 aromatic carbocycles. The van der Waals surface area contributed by atoms with Crippen LogP contribution in [0.2, 0.25) is 0 Å². The lowest BCUT2D eigenvalue weighted by Gasteiger charge is -2.17. The summed E-state index contributed by atoms with van der Waals surface area (Å²) in [6.07, 6.45) is 14.1. The van der Waals surface area contributed by atoms with Crippen molar-refractivity contribution in [3.05, 3.63) is 29.8 Å². The molecule has 0 saturated carbocycles. The number of hydrogen-bond acceptors (Lipinski definition) is 2. The van der Waals surface area contributed by atoms with E-state index < -0.39 is 5.97 Å². The van der Waals surface area contributed by atoms with Crippen LogP contribution in [0.1, 0.15) is 94.8 Å². The highest BCUT2D eigenvalue weighted by atomic mass is 16.5. The van der Waals surface area contributed by atoms with E-state index in [1.807, 2.05) is 6.07 Å². The number of benzene rings is 1. The Bertz CT molecular complexity index is 470. The summed E-state index contributed by atoms with van der Waals surface area (Å²) < 4.78 is 5.74. The highest BCUT2D eigenvalue weighted by Gasteiger charge is 2.11. The molecule has 0 aliphatic heterocycles. The fraction of sp³-hybridized carbons (Fsp3) is 0.682. The van der Waals surface area contributed by atoms with Gasteiger partial charge >= 0.3 is 5.97 Å². The van der Waals surface area contributed by atoms with E-state index in [2.05, 4.69) is 13.8 Å². The van der Waals surface area contributed by atoms with Crippen molar-refractivity contribution in [1.29, 1.82) is 0 Å². The number of para-hydroxylation sites is 1. The molecular formula is C22H36O3. The Morgan fingerprint density at radius 3 is 2.20 bits per heavy atom.